The zero-order chi connectivity index (χ0) is 104. The largest absolute Gasteiger partial charge is 0.465 e. The minimum atomic E-state index is -0.427. The van der Waals surface area contributed by atoms with Crippen molar-refractivity contribution in [1.82, 2.24) is 78.9 Å². The first-order valence-electron chi connectivity index (χ1n) is 46.9. The molecule has 2 unspecified atom stereocenters. The second-order valence-electron chi connectivity index (χ2n) is 31.1. The molecule has 0 spiro atoms. The van der Waals surface area contributed by atoms with Gasteiger partial charge in [-0.25, -0.2) is 4.79 Å². The number of rotatable bonds is 42. The Hall–Kier alpha value is -8.25. The van der Waals surface area contributed by atoms with Crippen molar-refractivity contribution in [2.24, 2.45) is 5.73 Å². The second-order valence-corrected chi connectivity index (χ2v) is 33.7. The fraction of sp³-hybridized carbons (Fsp3) is 0.604. The number of alkyl carbamates (subject to hydrolysis) is 1. The van der Waals surface area contributed by atoms with Gasteiger partial charge >= 0.3 is 18.0 Å². The predicted molar refractivity (Wildman–Crippen MR) is 583 cm³/mol. The molecule has 0 bridgehead atoms. The highest BCUT2D eigenvalue weighted by atomic mass is 79.9. The van der Waals surface area contributed by atoms with Gasteiger partial charge in [0.25, 0.3) is 0 Å². The number of nitrogens with zero attached hydrogens (tertiary/aromatic N) is 2. The summed E-state index contributed by atoms with van der Waals surface area (Å²) >= 11 is 16.1. The number of amides is 8. The number of unbranched alkanes of at least 4 members (excludes halogenated alkanes) is 4. The molecule has 15 N–H and O–H groups in total. The number of likely N-dealkylation sites (tertiary alicyclic amines) is 2. The maximum atomic E-state index is 11.6. The van der Waals surface area contributed by atoms with Crippen LogP contribution in [0.3, 0.4) is 0 Å². The van der Waals surface area contributed by atoms with E-state index in [0.29, 0.717) is 68.6 Å². The third-order valence-electron chi connectivity index (χ3n) is 20.3. The maximum absolute atomic E-state index is 11.6. The van der Waals surface area contributed by atoms with Crippen LogP contribution in [-0.4, -0.2) is 290 Å². The van der Waals surface area contributed by atoms with Crippen LogP contribution >= 0.6 is 76.3 Å². The standard InChI is InChI=1S/C17H16O2.C16H14O2.C10H20BrN3O2.C9H17NO2.C8H16BrN3O2S.2C7H16N2O.C7H15NO.2C6H11NO.2C3H6BrNO.2CH4/c1-2-17(18)19-11-16-14-9-5-3-7-12(14)13-8-4-6-10-15(13)16;1-11(17)18-10-16-14-8-4-2-6-12(14)13-7-3-5-9-15(13)16;1-4-8(9(15)6-12-3)13-7(2)14-10(16)5-11;1-3-5-6-7-10-9(11)12-8-4-2;1-5(12-8(14)2-9)11-6(4-15)7(13)3-10;2*1-4-6(9-3)7(10)5-8-2;1-3-4-5-6-8-7(2)9;2*1-6(8)7-4-2-3-5-7;2*1-5-3(6)2-4;;/h3-10,16H,2,11H2,1H3;2-9,16H,10H2,1H3;7-8,12-13H,4-6H2,1-3H3,(H,14,16);4H,2-3,5-8H2,1H3,(H,10,11);5-6,11,15H,2-4,10H2,1H3,(H,12,14);2*6,8-9H,4-5H2,1-3H3;3-6H2,1-2H3,(H,8,9);2*2-5H2,1H3;2*2H2,1H3,(H,5,6);2*1H4/t;;7?,8-;;5?,6-;2*6-;;;;;;;/m..0.000......./s1. The van der Waals surface area contributed by atoms with Crippen molar-refractivity contribution in [1.29, 1.82) is 0 Å². The molecule has 33 nitrogen and oxygen atoms in total. The molecular weight excluding hydrogens is 2060 g/mol. The highest BCUT2D eigenvalue weighted by Gasteiger charge is 2.31. The Morgan fingerprint density at radius 1 is 0.453 bits per heavy atom. The van der Waals surface area contributed by atoms with Crippen molar-refractivity contribution in [3.8, 4) is 22.3 Å². The molecule has 2 saturated heterocycles. The summed E-state index contributed by atoms with van der Waals surface area (Å²) in [5.74, 6) is 1.06. The van der Waals surface area contributed by atoms with Crippen molar-refractivity contribution in [2.45, 2.75) is 236 Å². The molecule has 2 aliphatic heterocycles. The minimum absolute atomic E-state index is 0. The van der Waals surface area contributed by atoms with Gasteiger partial charge in [0.15, 0.2) is 23.1 Å². The molecule has 4 aliphatic rings. The van der Waals surface area contributed by atoms with Crippen LogP contribution in [0.25, 0.3) is 22.3 Å². The van der Waals surface area contributed by atoms with Gasteiger partial charge in [-0.2, -0.15) is 12.6 Å². The topological polar surface area (TPSA) is 456 Å². The van der Waals surface area contributed by atoms with Crippen molar-refractivity contribution in [3.05, 3.63) is 132 Å². The molecule has 4 aromatic rings. The summed E-state index contributed by atoms with van der Waals surface area (Å²) in [6.45, 7) is 33.1. The Kier molecular flexibility index (Phi) is 93.8. The van der Waals surface area contributed by atoms with Gasteiger partial charge in [0.05, 0.1) is 84.0 Å². The van der Waals surface area contributed by atoms with E-state index in [1.54, 1.807) is 69.0 Å². The Bertz CT molecular complexity index is 3880. The zero-order valence-corrected chi connectivity index (χ0v) is 91.9. The smallest absolute Gasteiger partial charge is 0.407 e. The number of alkyl halides is 4. The van der Waals surface area contributed by atoms with Crippen LogP contribution in [0.1, 0.15) is 222 Å². The number of Topliss-reactive ketones (excluding diaryl/α,β-unsaturated/α-hetero) is 4. The van der Waals surface area contributed by atoms with E-state index < -0.39 is 6.04 Å². The Labute approximate surface area is 870 Å². The number of hydrogen-bond donors (Lipinski definition) is 15. The lowest BCUT2D eigenvalue weighted by Gasteiger charge is -2.21. The van der Waals surface area contributed by atoms with Gasteiger partial charge in [-0.3, -0.25) is 73.0 Å². The van der Waals surface area contributed by atoms with E-state index in [2.05, 4.69) is 227 Å². The third kappa shape index (κ3) is 67.8. The highest BCUT2D eigenvalue weighted by Crippen LogP contribution is 2.46. The van der Waals surface area contributed by atoms with Gasteiger partial charge in [-0.05, 0) is 151 Å². The minimum Gasteiger partial charge on any atom is -0.465 e. The quantitative estimate of drug-likeness (QED) is 0.00373. The van der Waals surface area contributed by atoms with Crippen molar-refractivity contribution >= 4 is 159 Å². The summed E-state index contributed by atoms with van der Waals surface area (Å²) in [6.07, 6.45) is 15.1. The van der Waals surface area contributed by atoms with Crippen LogP contribution in [0.15, 0.2) is 110 Å². The van der Waals surface area contributed by atoms with Crippen molar-refractivity contribution in [2.75, 3.05) is 162 Å². The number of halogens is 4. The molecular formula is C101H172Br4N16O17S. The molecule has 792 valence electrons. The predicted octanol–water partition coefficient (Wildman–Crippen LogP) is 12.1. The lowest BCUT2D eigenvalue weighted by molar-refractivity contribution is -0.143. The molecule has 2 aliphatic carbocycles. The average Bonchev–Trinajstić information content (AvgIpc) is 1.62. The lowest BCUT2D eigenvalue weighted by atomic mass is 9.98. The number of thiol groups is 1. The van der Waals surface area contributed by atoms with Crippen LogP contribution < -0.4 is 74.9 Å². The number of nitrogens with one attached hydrogen (secondary N) is 13. The Balaban J connectivity index is -0.000000353. The van der Waals surface area contributed by atoms with Crippen molar-refractivity contribution < 1.29 is 81.3 Å². The normalized spacial score (nSPS) is 12.8. The summed E-state index contributed by atoms with van der Waals surface area (Å²) in [5, 5.41) is 37.3. The summed E-state index contributed by atoms with van der Waals surface area (Å²) in [6, 6.07) is 32.7. The third-order valence-corrected chi connectivity index (χ3v) is 22.7. The van der Waals surface area contributed by atoms with Gasteiger partial charge in [-0.1, -0.05) is 256 Å². The number of ether oxygens (including phenoxy) is 3. The van der Waals surface area contributed by atoms with Crippen LogP contribution in [0.2, 0.25) is 0 Å². The Morgan fingerprint density at radius 2 is 0.777 bits per heavy atom. The fourth-order valence-corrected chi connectivity index (χ4v) is 14.3. The molecule has 4 aromatic carbocycles. The molecule has 0 aromatic heterocycles. The second kappa shape index (κ2) is 92.2. The van der Waals surface area contributed by atoms with Crippen LogP contribution in [0.4, 0.5) is 4.79 Å². The van der Waals surface area contributed by atoms with Crippen LogP contribution in [-0.2, 0) is 76.5 Å². The number of hydrogen-bond acceptors (Lipinski definition) is 26. The van der Waals surface area contributed by atoms with E-state index >= 15 is 0 Å². The summed E-state index contributed by atoms with van der Waals surface area (Å²) in [4.78, 5) is 156. The first-order chi connectivity index (χ1) is 65.5. The lowest BCUT2D eigenvalue weighted by Crippen LogP contribution is -2.52. The number of fused-ring (bicyclic) bond motifs is 6. The van der Waals surface area contributed by atoms with Gasteiger partial charge in [0, 0.05) is 105 Å². The monoisotopic (exact) mass is 2230 g/mol. The molecule has 8 amide bonds. The van der Waals surface area contributed by atoms with E-state index in [-0.39, 0.29) is 163 Å². The van der Waals surface area contributed by atoms with E-state index in [1.165, 1.54) is 90.0 Å². The number of ketones is 4. The molecule has 6 atom stereocenters. The molecule has 0 radical (unpaired) electrons. The summed E-state index contributed by atoms with van der Waals surface area (Å²) in [5.41, 5.74) is 15.3. The zero-order valence-electron chi connectivity index (χ0n) is 84.6. The maximum Gasteiger partial charge on any atom is 0.407 e. The van der Waals surface area contributed by atoms with E-state index in [1.807, 2.05) is 94.9 Å². The molecule has 0 saturated carbocycles. The number of carbonyl (C=O) groups excluding carboxylic acids is 14. The number of carbonyl (C=O) groups is 14. The van der Waals surface area contributed by atoms with Gasteiger partial charge in [0.2, 0.25) is 41.4 Å². The fourth-order valence-electron chi connectivity index (χ4n) is 13.1. The molecule has 38 heteroatoms. The van der Waals surface area contributed by atoms with Crippen molar-refractivity contribution in [3.63, 3.8) is 0 Å². The number of benzene rings is 4. The van der Waals surface area contributed by atoms with E-state index in [9.17, 15) is 67.1 Å². The molecule has 8 rings (SSSR count). The Morgan fingerprint density at radius 3 is 1.03 bits per heavy atom. The first kappa shape index (κ1) is 141. The van der Waals surface area contributed by atoms with Crippen LogP contribution in [0.5, 0.6) is 0 Å². The number of esters is 2. The van der Waals surface area contributed by atoms with Crippen LogP contribution in [0, 0.1) is 0 Å². The molecule has 2 heterocycles. The van der Waals surface area contributed by atoms with E-state index in [4.69, 9.17) is 19.9 Å². The SMILES string of the molecule is C.C.C=CCOC(=O)NCCCCC.CC(=O)N1CCCC1.CC(=O)N1CCCC1.CC(=O)OCC1c2ccccc2-c2ccccc21.CC(NC(=O)CBr)N[C@@H](CS)C(=O)CN.CCC(=O)OCC1c2ccccc2-c2ccccc21.CCCCCNC(C)=O.CC[C@H](NC(C)NC(=O)CBr)C(=O)CNC.CC[C@H](NC)C(=O)CNC.CC[C@H](NC)C(=O)CNC.CNC(=O)CBr.CNC(=O)CBr. The highest BCUT2D eigenvalue weighted by molar-refractivity contribution is 9.10. The number of nitrogens with two attached hydrogens (primary N) is 1. The van der Waals surface area contributed by atoms with Gasteiger partial charge < -0.3 is 88.2 Å². The summed E-state index contributed by atoms with van der Waals surface area (Å²) < 4.78 is 15.3. The molecule has 2 fully saturated rings. The first-order valence-corrected chi connectivity index (χ1v) is 52.0. The summed E-state index contributed by atoms with van der Waals surface area (Å²) in [7, 11) is 12.1. The molecule has 139 heavy (non-hydrogen) atoms. The van der Waals surface area contributed by atoms with Gasteiger partial charge in [0.1, 0.15) is 19.8 Å². The number of likely N-dealkylation sites (N-methyl/N-ethyl adjacent to an activating group) is 5. The van der Waals surface area contributed by atoms with E-state index in [0.717, 1.165) is 71.2 Å². The average molecular weight is 2230 g/mol. The van der Waals surface area contributed by atoms with Gasteiger partial charge in [-0.15, -0.1) is 0 Å².